The maximum absolute atomic E-state index is 13.4. The lowest BCUT2D eigenvalue weighted by atomic mass is 10.0. The zero-order valence-corrected chi connectivity index (χ0v) is 20.3. The number of nitrogens with zero attached hydrogens (tertiary/aromatic N) is 3. The zero-order chi connectivity index (χ0) is 25.3. The molecule has 0 atom stereocenters. The zero-order valence-electron chi connectivity index (χ0n) is 19.5. The summed E-state index contributed by atoms with van der Waals surface area (Å²) in [6.45, 7) is 3.60. The summed E-state index contributed by atoms with van der Waals surface area (Å²) in [6, 6.07) is 23.7. The Kier molecular flexibility index (Phi) is 8.59. The summed E-state index contributed by atoms with van der Waals surface area (Å²) in [5.74, 6) is 0.230. The van der Waals surface area contributed by atoms with Crippen LogP contribution in [0.5, 0.6) is 5.75 Å². The van der Waals surface area contributed by atoms with Gasteiger partial charge in [-0.3, -0.25) is 9.10 Å². The Morgan fingerprint density at radius 2 is 1.71 bits per heavy atom. The number of hydrogen-bond acceptors (Lipinski definition) is 6. The third-order valence-electron chi connectivity index (χ3n) is 5.05. The summed E-state index contributed by atoms with van der Waals surface area (Å²) in [5, 5.41) is 12.5. The third kappa shape index (κ3) is 6.91. The van der Waals surface area contributed by atoms with Crippen molar-refractivity contribution < 1.29 is 17.9 Å². The van der Waals surface area contributed by atoms with Crippen molar-refractivity contribution >= 4 is 27.8 Å². The molecule has 0 spiro atoms. The molecule has 1 N–H and O–H groups in total. The number of ether oxygens (including phenoxy) is 1. The lowest BCUT2D eigenvalue weighted by Crippen LogP contribution is -2.39. The van der Waals surface area contributed by atoms with E-state index in [-0.39, 0.29) is 17.4 Å². The Bertz CT molecular complexity index is 1300. The maximum Gasteiger partial charge on any atom is 0.264 e. The monoisotopic (exact) mass is 490 g/mol. The van der Waals surface area contributed by atoms with Crippen LogP contribution in [0.15, 0.2) is 88.9 Å². The van der Waals surface area contributed by atoms with Gasteiger partial charge in [0.25, 0.3) is 15.9 Å². The number of nitriles is 1. The first kappa shape index (κ1) is 25.5. The summed E-state index contributed by atoms with van der Waals surface area (Å²) in [5.41, 5.74) is 4.51. The number of carbonyl (C=O) groups is 1. The topological polar surface area (TPSA) is 112 Å². The first-order valence-corrected chi connectivity index (χ1v) is 12.3. The van der Waals surface area contributed by atoms with Gasteiger partial charge in [0.05, 0.1) is 16.8 Å². The molecule has 0 saturated heterocycles. The molecule has 0 heterocycles. The molecule has 180 valence electrons. The highest BCUT2D eigenvalue weighted by atomic mass is 32.2. The van der Waals surface area contributed by atoms with Gasteiger partial charge in [0.15, 0.2) is 6.61 Å². The van der Waals surface area contributed by atoms with Crippen LogP contribution in [0.25, 0.3) is 0 Å². The number of amides is 1. The molecule has 3 aromatic carbocycles. The van der Waals surface area contributed by atoms with E-state index in [4.69, 9.17) is 10.00 Å². The minimum atomic E-state index is -3.99. The van der Waals surface area contributed by atoms with Crippen LogP contribution in [0.3, 0.4) is 0 Å². The van der Waals surface area contributed by atoms with Crippen LogP contribution in [0, 0.1) is 11.3 Å². The molecule has 0 unspecified atom stereocenters. The van der Waals surface area contributed by atoms with Gasteiger partial charge in [-0.2, -0.15) is 10.4 Å². The fraction of sp³-hybridized carbons (Fsp3) is 0.192. The fourth-order valence-electron chi connectivity index (χ4n) is 3.17. The van der Waals surface area contributed by atoms with Crippen LogP contribution in [-0.2, 0) is 14.8 Å². The van der Waals surface area contributed by atoms with E-state index in [2.05, 4.69) is 10.5 Å². The van der Waals surface area contributed by atoms with Crippen molar-refractivity contribution in [2.45, 2.75) is 24.7 Å². The van der Waals surface area contributed by atoms with Gasteiger partial charge >= 0.3 is 0 Å². The van der Waals surface area contributed by atoms with Gasteiger partial charge in [-0.05, 0) is 65.6 Å². The fourth-order valence-corrected chi connectivity index (χ4v) is 4.61. The molecule has 0 aliphatic carbocycles. The standard InChI is InChI=1S/C26H26N4O4S/c1-20(2)22-10-12-23(13-11-22)30(35(32,33)25-6-4-3-5-7-25)19-26(31)29-28-18-21-8-14-24(15-9-21)34-17-16-27/h3-15,18,20H,17,19H2,1-2H3,(H,29,31)/b28-18-. The second-order valence-electron chi connectivity index (χ2n) is 7.88. The Hall–Kier alpha value is -4.16. The number of benzene rings is 3. The quantitative estimate of drug-likeness (QED) is 0.340. The molecule has 0 bridgehead atoms. The molecular weight excluding hydrogens is 464 g/mol. The number of rotatable bonds is 10. The van der Waals surface area contributed by atoms with Gasteiger partial charge < -0.3 is 4.74 Å². The minimum Gasteiger partial charge on any atom is -0.479 e. The molecule has 0 aliphatic rings. The molecule has 3 rings (SSSR count). The minimum absolute atomic E-state index is 0.0495. The third-order valence-corrected chi connectivity index (χ3v) is 6.84. The van der Waals surface area contributed by atoms with Gasteiger partial charge in [-0.25, -0.2) is 13.8 Å². The van der Waals surface area contributed by atoms with Crippen molar-refractivity contribution in [3.05, 3.63) is 90.0 Å². The van der Waals surface area contributed by atoms with Crippen molar-refractivity contribution in [1.82, 2.24) is 5.43 Å². The molecule has 0 aliphatic heterocycles. The maximum atomic E-state index is 13.4. The Labute approximate surface area is 205 Å². The number of anilines is 1. The van der Waals surface area contributed by atoms with E-state index in [1.165, 1.54) is 18.3 Å². The normalized spacial score (nSPS) is 11.3. The molecule has 0 saturated carbocycles. The van der Waals surface area contributed by atoms with Crippen LogP contribution in [0.2, 0.25) is 0 Å². The molecule has 3 aromatic rings. The molecule has 35 heavy (non-hydrogen) atoms. The van der Waals surface area contributed by atoms with Crippen LogP contribution in [0.4, 0.5) is 5.69 Å². The van der Waals surface area contributed by atoms with Crippen molar-refractivity contribution in [3.63, 3.8) is 0 Å². The summed E-state index contributed by atoms with van der Waals surface area (Å²) in [6.07, 6.45) is 1.43. The van der Waals surface area contributed by atoms with E-state index in [1.54, 1.807) is 54.6 Å². The van der Waals surface area contributed by atoms with Crippen molar-refractivity contribution in [1.29, 1.82) is 5.26 Å². The second-order valence-corrected chi connectivity index (χ2v) is 9.74. The Balaban J connectivity index is 1.76. The number of hydrazone groups is 1. The highest BCUT2D eigenvalue weighted by Crippen LogP contribution is 2.25. The highest BCUT2D eigenvalue weighted by molar-refractivity contribution is 7.92. The van der Waals surface area contributed by atoms with Crippen molar-refractivity contribution in [2.75, 3.05) is 17.5 Å². The highest BCUT2D eigenvalue weighted by Gasteiger charge is 2.27. The molecule has 0 radical (unpaired) electrons. The first-order valence-electron chi connectivity index (χ1n) is 10.9. The average molecular weight is 491 g/mol. The van der Waals surface area contributed by atoms with Crippen LogP contribution >= 0.6 is 0 Å². The van der Waals surface area contributed by atoms with Crippen molar-refractivity contribution in [2.24, 2.45) is 5.10 Å². The predicted molar refractivity (Wildman–Crippen MR) is 135 cm³/mol. The van der Waals surface area contributed by atoms with Crippen LogP contribution in [0.1, 0.15) is 30.9 Å². The number of nitrogens with one attached hydrogen (secondary N) is 1. The largest absolute Gasteiger partial charge is 0.479 e. The van der Waals surface area contributed by atoms with Gasteiger partial charge in [0, 0.05) is 0 Å². The van der Waals surface area contributed by atoms with Crippen LogP contribution < -0.4 is 14.5 Å². The Morgan fingerprint density at radius 1 is 1.06 bits per heavy atom. The molecule has 1 amide bonds. The number of carbonyl (C=O) groups excluding carboxylic acids is 1. The van der Waals surface area contributed by atoms with E-state index in [9.17, 15) is 13.2 Å². The Morgan fingerprint density at radius 3 is 2.31 bits per heavy atom. The van der Waals surface area contributed by atoms with Gasteiger partial charge in [-0.1, -0.05) is 44.2 Å². The van der Waals surface area contributed by atoms with E-state index in [0.29, 0.717) is 17.0 Å². The number of hydrogen-bond donors (Lipinski definition) is 1. The molecule has 0 fully saturated rings. The number of sulfonamides is 1. The van der Waals surface area contributed by atoms with E-state index < -0.39 is 22.5 Å². The summed E-state index contributed by atoms with van der Waals surface area (Å²) in [4.78, 5) is 12.7. The summed E-state index contributed by atoms with van der Waals surface area (Å²) >= 11 is 0. The summed E-state index contributed by atoms with van der Waals surface area (Å²) in [7, 11) is -3.99. The smallest absolute Gasteiger partial charge is 0.264 e. The van der Waals surface area contributed by atoms with E-state index >= 15 is 0 Å². The van der Waals surface area contributed by atoms with E-state index in [0.717, 1.165) is 9.87 Å². The lowest BCUT2D eigenvalue weighted by molar-refractivity contribution is -0.119. The van der Waals surface area contributed by atoms with E-state index in [1.807, 2.05) is 32.0 Å². The van der Waals surface area contributed by atoms with Gasteiger partial charge in [-0.15, -0.1) is 0 Å². The van der Waals surface area contributed by atoms with Crippen molar-refractivity contribution in [3.8, 4) is 11.8 Å². The predicted octanol–water partition coefficient (Wildman–Crippen LogP) is 4.06. The van der Waals surface area contributed by atoms with Gasteiger partial charge in [0.2, 0.25) is 0 Å². The molecule has 9 heteroatoms. The summed E-state index contributed by atoms with van der Waals surface area (Å²) < 4.78 is 33.0. The SMILES string of the molecule is CC(C)c1ccc(N(CC(=O)N/N=C\c2ccc(OCC#N)cc2)S(=O)(=O)c2ccccc2)cc1. The first-order chi connectivity index (χ1) is 16.8. The molecular formula is C26H26N4O4S. The second kappa shape index (κ2) is 11.8. The molecule has 8 nitrogen and oxygen atoms in total. The average Bonchev–Trinajstić information content (AvgIpc) is 2.87. The molecule has 0 aromatic heterocycles. The van der Waals surface area contributed by atoms with Gasteiger partial charge in [0.1, 0.15) is 18.4 Å². The lowest BCUT2D eigenvalue weighted by Gasteiger charge is -2.24. The van der Waals surface area contributed by atoms with Crippen LogP contribution in [-0.4, -0.2) is 33.7 Å².